The number of hydrogen-bond acceptors (Lipinski definition) is 8. The molecule has 4 rings (SSSR count). The summed E-state index contributed by atoms with van der Waals surface area (Å²) in [6.07, 6.45) is 6.69. The molecule has 4 aliphatic rings. The minimum Gasteiger partial charge on any atom is -0.481 e. The Kier molecular flexibility index (Phi) is 19.6. The normalized spacial score (nSPS) is 32.9. The fourth-order valence-electron chi connectivity index (χ4n) is 12.7. The van der Waals surface area contributed by atoms with Gasteiger partial charge >= 0.3 is 5.97 Å². The van der Waals surface area contributed by atoms with E-state index >= 15 is 0 Å². The molecule has 0 heterocycles. The van der Waals surface area contributed by atoms with Gasteiger partial charge in [-0.25, -0.2) is 0 Å². The number of hydrogen-bond donors (Lipinski definition) is 8. The molecule has 0 aromatic rings. The van der Waals surface area contributed by atoms with Crippen LogP contribution in [-0.2, 0) is 24.0 Å². The van der Waals surface area contributed by atoms with Crippen LogP contribution in [0.4, 0.5) is 0 Å². The molecule has 0 bridgehead atoms. The molecule has 0 aromatic carbocycles. The number of nitrogens with one attached hydrogen (secondary N) is 4. The quantitative estimate of drug-likeness (QED) is 0.0722. The number of nitrogens with two attached hydrogens (primary N) is 1. The first-order valence-corrected chi connectivity index (χ1v) is 23.9. The first kappa shape index (κ1) is 53.9. The molecule has 7 unspecified atom stereocenters. The van der Waals surface area contributed by atoms with E-state index in [1.165, 1.54) is 0 Å². The number of halogens is 1. The maximum absolute atomic E-state index is 14.2. The lowest BCUT2D eigenvalue weighted by atomic mass is 9.43. The minimum atomic E-state index is -0.922. The maximum Gasteiger partial charge on any atom is 0.303 e. The molecule has 4 fully saturated rings. The van der Waals surface area contributed by atoms with Gasteiger partial charge in [-0.1, -0.05) is 76.2 Å². The van der Waals surface area contributed by atoms with Crippen LogP contribution >= 0.6 is 12.4 Å². The Balaban J connectivity index is 0.0000102. The number of amides is 4. The van der Waals surface area contributed by atoms with Crippen LogP contribution in [-0.4, -0.2) is 87.3 Å². The zero-order chi connectivity index (χ0) is 45.7. The van der Waals surface area contributed by atoms with Gasteiger partial charge < -0.3 is 42.3 Å². The fraction of sp³-hybridized carbons (Fsp3) is 0.896. The van der Waals surface area contributed by atoms with Gasteiger partial charge in [-0.3, -0.25) is 24.0 Å². The summed E-state index contributed by atoms with van der Waals surface area (Å²) in [5, 5.41) is 45.3. The number of carboxylic acids is 1. The van der Waals surface area contributed by atoms with E-state index in [0.717, 1.165) is 25.7 Å². The van der Waals surface area contributed by atoms with E-state index in [4.69, 9.17) is 5.73 Å². The Morgan fingerprint density at radius 2 is 1.16 bits per heavy atom. The third-order valence-electron chi connectivity index (χ3n) is 15.8. The third kappa shape index (κ3) is 12.9. The number of carbonyl (C=O) groups excluding carboxylic acids is 4. The average Bonchev–Trinajstić information content (AvgIpc) is 3.51. The summed E-state index contributed by atoms with van der Waals surface area (Å²) in [6.45, 7) is 22.5. The standard InChI is InChI=1S/C48H85N5O8.ClH/c1-25(2)18-35(49)43(58)51-37(20-27(5)6)45(60)53-38(21-28(7)8)46(61)52-36(19-26(3)4)44(59)50-31-16-17-47(10)30(22-31)23-39(54)42-33-14-13-32(29(9)12-15-41(56)57)48(33,11)40(55)24-34(42)47;/h25-40,42,54-55H,12-24,49H2,1-11H3,(H,50,59)(H,51,58)(H,52,61)(H,53,60)(H,56,57);1H/t29-,30+,31+,32-,33?,34?,35?,36?,37?,38?,39-,40+,42?,47+,48-;/m1./s1. The summed E-state index contributed by atoms with van der Waals surface area (Å²) >= 11 is 0. The van der Waals surface area contributed by atoms with E-state index in [-0.39, 0.29) is 101 Å². The van der Waals surface area contributed by atoms with E-state index in [1.54, 1.807) is 0 Å². The second-order valence-corrected chi connectivity index (χ2v) is 22.3. The Bertz CT molecular complexity index is 1530. The molecule has 62 heavy (non-hydrogen) atoms. The Labute approximate surface area is 379 Å². The highest BCUT2D eigenvalue weighted by Gasteiger charge is 2.65. The summed E-state index contributed by atoms with van der Waals surface area (Å²) in [6, 6.07) is -3.51. The molecule has 4 amide bonds. The Morgan fingerprint density at radius 1 is 0.661 bits per heavy atom. The smallest absolute Gasteiger partial charge is 0.303 e. The van der Waals surface area contributed by atoms with Gasteiger partial charge in [0.1, 0.15) is 18.1 Å². The zero-order valence-corrected chi connectivity index (χ0v) is 40.7. The molecule has 0 spiro atoms. The van der Waals surface area contributed by atoms with Crippen molar-refractivity contribution in [1.29, 1.82) is 0 Å². The summed E-state index contributed by atoms with van der Waals surface area (Å²) in [7, 11) is 0. The number of aliphatic hydroxyl groups excluding tert-OH is 2. The predicted molar refractivity (Wildman–Crippen MR) is 245 cm³/mol. The van der Waals surface area contributed by atoms with Crippen molar-refractivity contribution in [3.8, 4) is 0 Å². The number of fused-ring (bicyclic) bond motifs is 5. The van der Waals surface area contributed by atoms with Crippen LogP contribution in [0, 0.1) is 70.0 Å². The van der Waals surface area contributed by atoms with Crippen LogP contribution in [0.15, 0.2) is 0 Å². The van der Waals surface area contributed by atoms with Crippen molar-refractivity contribution in [2.75, 3.05) is 0 Å². The molecule has 4 saturated carbocycles. The van der Waals surface area contributed by atoms with Gasteiger partial charge in [-0.15, -0.1) is 12.4 Å². The fourth-order valence-corrected chi connectivity index (χ4v) is 12.7. The highest BCUT2D eigenvalue weighted by molar-refractivity contribution is 5.94. The van der Waals surface area contributed by atoms with Crippen molar-refractivity contribution >= 4 is 42.0 Å². The van der Waals surface area contributed by atoms with E-state index < -0.39 is 60.1 Å². The van der Waals surface area contributed by atoms with Gasteiger partial charge in [0.15, 0.2) is 0 Å². The SMILES string of the molecule is CC(C)CC(N)C(=O)NC(CC(C)C)C(=O)NC(CC(C)C)C(=O)NC(CC(C)C)C(=O)N[C@H]1CC[C@]2(C)C3C[C@H](O)[C@@]4(C)C(CC[C@@H]4[C@H](C)CCC(=O)O)C3[C@H](O)C[C@@H]2C1.Cl. The Morgan fingerprint density at radius 3 is 1.66 bits per heavy atom. The molecule has 0 aromatic heterocycles. The van der Waals surface area contributed by atoms with Gasteiger partial charge in [-0.05, 0) is 147 Å². The molecule has 0 radical (unpaired) electrons. The van der Waals surface area contributed by atoms with Crippen molar-refractivity contribution in [2.45, 2.75) is 202 Å². The largest absolute Gasteiger partial charge is 0.481 e. The van der Waals surface area contributed by atoms with Crippen molar-refractivity contribution in [3.63, 3.8) is 0 Å². The van der Waals surface area contributed by atoms with Crippen molar-refractivity contribution in [3.05, 3.63) is 0 Å². The summed E-state index contributed by atoms with van der Waals surface area (Å²) in [5.74, 6) is -1.02. The van der Waals surface area contributed by atoms with Gasteiger partial charge in [0, 0.05) is 12.5 Å². The maximum atomic E-state index is 14.2. The number of aliphatic hydroxyl groups is 2. The van der Waals surface area contributed by atoms with E-state index in [9.17, 15) is 39.3 Å². The average molecular weight is 897 g/mol. The highest BCUT2D eigenvalue weighted by atomic mass is 35.5. The molecular weight excluding hydrogens is 810 g/mol. The molecule has 0 aliphatic heterocycles. The van der Waals surface area contributed by atoms with Crippen LogP contribution in [0.25, 0.3) is 0 Å². The number of carbonyl (C=O) groups is 5. The molecule has 13 nitrogen and oxygen atoms in total. The van der Waals surface area contributed by atoms with Gasteiger partial charge in [-0.2, -0.15) is 0 Å². The first-order valence-electron chi connectivity index (χ1n) is 23.9. The number of rotatable bonds is 20. The van der Waals surface area contributed by atoms with Crippen molar-refractivity contribution in [2.24, 2.45) is 75.7 Å². The molecular formula is C48H86ClN5O8. The summed E-state index contributed by atoms with van der Waals surface area (Å²) < 4.78 is 0. The second kappa shape index (κ2) is 22.6. The zero-order valence-electron chi connectivity index (χ0n) is 39.9. The highest BCUT2D eigenvalue weighted by Crippen LogP contribution is 2.68. The lowest BCUT2D eigenvalue weighted by molar-refractivity contribution is -0.202. The van der Waals surface area contributed by atoms with Gasteiger partial charge in [0.25, 0.3) is 0 Å². The van der Waals surface area contributed by atoms with Crippen LogP contribution in [0.1, 0.15) is 160 Å². The van der Waals surface area contributed by atoms with E-state index in [0.29, 0.717) is 51.4 Å². The van der Waals surface area contributed by atoms with Crippen LogP contribution in [0.3, 0.4) is 0 Å². The lowest BCUT2D eigenvalue weighted by Crippen LogP contribution is -2.63. The molecule has 14 heteroatoms. The van der Waals surface area contributed by atoms with Crippen LogP contribution < -0.4 is 27.0 Å². The molecule has 0 saturated heterocycles. The molecule has 15 atom stereocenters. The van der Waals surface area contributed by atoms with E-state index in [1.807, 2.05) is 55.4 Å². The van der Waals surface area contributed by atoms with Crippen molar-refractivity contribution < 1.29 is 39.3 Å². The van der Waals surface area contributed by atoms with Crippen molar-refractivity contribution in [1.82, 2.24) is 21.3 Å². The number of aliphatic carboxylic acids is 1. The lowest BCUT2D eigenvalue weighted by Gasteiger charge is -2.63. The van der Waals surface area contributed by atoms with Crippen LogP contribution in [0.2, 0.25) is 0 Å². The minimum absolute atomic E-state index is 0. The first-order chi connectivity index (χ1) is 28.4. The topological polar surface area (TPSA) is 220 Å². The second-order valence-electron chi connectivity index (χ2n) is 22.3. The van der Waals surface area contributed by atoms with Gasteiger partial charge in [0.2, 0.25) is 23.6 Å². The summed E-state index contributed by atoms with van der Waals surface area (Å²) in [4.78, 5) is 66.4. The third-order valence-corrected chi connectivity index (χ3v) is 15.8. The summed E-state index contributed by atoms with van der Waals surface area (Å²) in [5.41, 5.74) is 5.67. The van der Waals surface area contributed by atoms with Gasteiger partial charge in [0.05, 0.1) is 18.2 Å². The molecule has 4 aliphatic carbocycles. The number of carboxylic acid groups (broad SMARTS) is 1. The van der Waals surface area contributed by atoms with Crippen LogP contribution in [0.5, 0.6) is 0 Å². The molecule has 9 N–H and O–H groups in total. The molecule has 358 valence electrons. The monoisotopic (exact) mass is 896 g/mol. The Hall–Kier alpha value is -2.48. The van der Waals surface area contributed by atoms with E-state index in [2.05, 4.69) is 42.0 Å². The predicted octanol–water partition coefficient (Wildman–Crippen LogP) is 5.96.